The van der Waals surface area contributed by atoms with Gasteiger partial charge in [-0.1, -0.05) is 0 Å². The van der Waals surface area contributed by atoms with Crippen LogP contribution in [0.15, 0.2) is 24.4 Å². The number of rotatable bonds is 3. The van der Waals surface area contributed by atoms with Crippen molar-refractivity contribution in [2.24, 2.45) is 7.05 Å². The van der Waals surface area contributed by atoms with E-state index in [1.807, 2.05) is 25.4 Å². The summed E-state index contributed by atoms with van der Waals surface area (Å²) in [5.41, 5.74) is 2.62. The molecule has 6 heteroatoms. The Balaban J connectivity index is 2.12. The Hall–Kier alpha value is -2.50. The van der Waals surface area contributed by atoms with Crippen LogP contribution in [0.25, 0.3) is 0 Å². The van der Waals surface area contributed by atoms with E-state index in [9.17, 15) is 4.79 Å². The minimum absolute atomic E-state index is 0.0228. The van der Waals surface area contributed by atoms with Gasteiger partial charge in [0.1, 0.15) is 0 Å². The number of carbonyl (C=O) groups is 1. The SMILES string of the molecule is COc1cc2c(cc1OC)C(c1ccn(C)n1)CC(=O)N2. The second-order valence-electron chi connectivity index (χ2n) is 5.01. The van der Waals surface area contributed by atoms with E-state index in [1.54, 1.807) is 25.0 Å². The van der Waals surface area contributed by atoms with Gasteiger partial charge in [-0.3, -0.25) is 9.48 Å². The monoisotopic (exact) mass is 287 g/mol. The summed E-state index contributed by atoms with van der Waals surface area (Å²) in [6.07, 6.45) is 2.25. The number of ether oxygens (including phenoxy) is 2. The van der Waals surface area contributed by atoms with E-state index in [0.29, 0.717) is 17.9 Å². The molecule has 1 aromatic heterocycles. The largest absolute Gasteiger partial charge is 0.493 e. The first kappa shape index (κ1) is 13.5. The number of hydrogen-bond acceptors (Lipinski definition) is 4. The molecule has 0 aliphatic carbocycles. The minimum Gasteiger partial charge on any atom is -0.493 e. The summed E-state index contributed by atoms with van der Waals surface area (Å²) in [5.74, 6) is 1.15. The fourth-order valence-electron chi connectivity index (χ4n) is 2.67. The van der Waals surface area contributed by atoms with E-state index in [4.69, 9.17) is 9.47 Å². The third kappa shape index (κ3) is 2.33. The maximum absolute atomic E-state index is 12.0. The van der Waals surface area contributed by atoms with Gasteiger partial charge in [0.05, 0.1) is 19.9 Å². The predicted octanol–water partition coefficient (Wildman–Crippen LogP) is 1.91. The van der Waals surface area contributed by atoms with Crippen molar-refractivity contribution in [1.29, 1.82) is 0 Å². The summed E-state index contributed by atoms with van der Waals surface area (Å²) in [6.45, 7) is 0. The molecule has 3 rings (SSSR count). The van der Waals surface area contributed by atoms with E-state index in [0.717, 1.165) is 16.9 Å². The third-order valence-corrected chi connectivity index (χ3v) is 3.69. The molecule has 1 aliphatic rings. The molecule has 1 atom stereocenters. The van der Waals surface area contributed by atoms with Crippen molar-refractivity contribution >= 4 is 11.6 Å². The van der Waals surface area contributed by atoms with Crippen LogP contribution in [0.1, 0.15) is 23.6 Å². The number of aromatic nitrogens is 2. The molecule has 0 radical (unpaired) electrons. The normalized spacial score (nSPS) is 17.1. The highest BCUT2D eigenvalue weighted by Gasteiger charge is 2.29. The van der Waals surface area contributed by atoms with E-state index in [-0.39, 0.29) is 11.8 Å². The lowest BCUT2D eigenvalue weighted by Gasteiger charge is -2.25. The van der Waals surface area contributed by atoms with Gasteiger partial charge in [-0.05, 0) is 17.7 Å². The Labute approximate surface area is 122 Å². The Morgan fingerprint density at radius 1 is 1.29 bits per heavy atom. The topological polar surface area (TPSA) is 65.4 Å². The van der Waals surface area contributed by atoms with Crippen LogP contribution in [0.3, 0.4) is 0 Å². The number of carbonyl (C=O) groups excluding carboxylic acids is 1. The molecule has 2 aromatic rings. The van der Waals surface area contributed by atoms with Crippen LogP contribution in [-0.2, 0) is 11.8 Å². The highest BCUT2D eigenvalue weighted by molar-refractivity contribution is 5.95. The standard InChI is InChI=1S/C15H17N3O3/c1-18-5-4-11(17-18)10-7-15(19)16-12-8-14(21-3)13(20-2)6-9(10)12/h4-6,8,10H,7H2,1-3H3,(H,16,19). The van der Waals surface area contributed by atoms with Crippen LogP contribution < -0.4 is 14.8 Å². The Kier molecular flexibility index (Phi) is 3.29. The van der Waals surface area contributed by atoms with Crippen LogP contribution in [0, 0.1) is 0 Å². The number of methoxy groups -OCH3 is 2. The maximum atomic E-state index is 12.0. The number of hydrogen-bond donors (Lipinski definition) is 1. The zero-order valence-corrected chi connectivity index (χ0v) is 12.2. The molecule has 1 aliphatic heterocycles. The van der Waals surface area contributed by atoms with Gasteiger partial charge in [-0.25, -0.2) is 0 Å². The smallest absolute Gasteiger partial charge is 0.225 e. The van der Waals surface area contributed by atoms with Crippen molar-refractivity contribution in [3.63, 3.8) is 0 Å². The molecule has 6 nitrogen and oxygen atoms in total. The molecule has 1 unspecified atom stereocenters. The minimum atomic E-state index is -0.0743. The first-order chi connectivity index (χ1) is 10.1. The molecule has 1 aromatic carbocycles. The molecule has 0 spiro atoms. The van der Waals surface area contributed by atoms with Gasteiger partial charge in [0.15, 0.2) is 11.5 Å². The second-order valence-corrected chi connectivity index (χ2v) is 5.01. The molecule has 2 heterocycles. The first-order valence-electron chi connectivity index (χ1n) is 6.67. The van der Waals surface area contributed by atoms with Crippen molar-refractivity contribution in [3.8, 4) is 11.5 Å². The Morgan fingerprint density at radius 2 is 2.00 bits per heavy atom. The molecular weight excluding hydrogens is 270 g/mol. The molecule has 0 bridgehead atoms. The molecule has 21 heavy (non-hydrogen) atoms. The fourth-order valence-corrected chi connectivity index (χ4v) is 2.67. The number of benzene rings is 1. The quantitative estimate of drug-likeness (QED) is 0.936. The Morgan fingerprint density at radius 3 is 2.62 bits per heavy atom. The van der Waals surface area contributed by atoms with Gasteiger partial charge in [-0.2, -0.15) is 5.10 Å². The summed E-state index contributed by atoms with van der Waals surface area (Å²) in [4.78, 5) is 12.0. The molecule has 110 valence electrons. The average Bonchev–Trinajstić information content (AvgIpc) is 2.91. The number of fused-ring (bicyclic) bond motifs is 1. The van der Waals surface area contributed by atoms with Crippen LogP contribution in [0.4, 0.5) is 5.69 Å². The van der Waals surface area contributed by atoms with Crippen LogP contribution in [0.5, 0.6) is 11.5 Å². The van der Waals surface area contributed by atoms with Crippen molar-refractivity contribution in [1.82, 2.24) is 9.78 Å². The zero-order valence-electron chi connectivity index (χ0n) is 12.2. The third-order valence-electron chi connectivity index (χ3n) is 3.69. The van der Waals surface area contributed by atoms with Gasteiger partial charge in [0.2, 0.25) is 5.91 Å². The summed E-state index contributed by atoms with van der Waals surface area (Å²) in [7, 11) is 5.04. The number of anilines is 1. The molecule has 0 saturated carbocycles. The zero-order chi connectivity index (χ0) is 15.0. The first-order valence-corrected chi connectivity index (χ1v) is 6.67. The van der Waals surface area contributed by atoms with Crippen LogP contribution in [-0.4, -0.2) is 29.9 Å². The molecular formula is C15H17N3O3. The summed E-state index contributed by atoms with van der Waals surface area (Å²) < 4.78 is 12.4. The average molecular weight is 287 g/mol. The molecule has 0 saturated heterocycles. The molecule has 1 amide bonds. The van der Waals surface area contributed by atoms with Crippen molar-refractivity contribution in [2.45, 2.75) is 12.3 Å². The van der Waals surface area contributed by atoms with Crippen molar-refractivity contribution < 1.29 is 14.3 Å². The summed E-state index contributed by atoms with van der Waals surface area (Å²) in [5, 5.41) is 7.31. The second kappa shape index (κ2) is 5.12. The lowest BCUT2D eigenvalue weighted by molar-refractivity contribution is -0.116. The maximum Gasteiger partial charge on any atom is 0.225 e. The number of aryl methyl sites for hydroxylation is 1. The van der Waals surface area contributed by atoms with Gasteiger partial charge < -0.3 is 14.8 Å². The van der Waals surface area contributed by atoms with Crippen molar-refractivity contribution in [2.75, 3.05) is 19.5 Å². The van der Waals surface area contributed by atoms with Crippen LogP contribution >= 0.6 is 0 Å². The molecule has 1 N–H and O–H groups in total. The lowest BCUT2D eigenvalue weighted by Crippen LogP contribution is -2.24. The summed E-state index contributed by atoms with van der Waals surface area (Å²) in [6, 6.07) is 5.64. The number of nitrogens with zero attached hydrogens (tertiary/aromatic N) is 2. The van der Waals surface area contributed by atoms with E-state index in [1.165, 1.54) is 0 Å². The highest BCUT2D eigenvalue weighted by Crippen LogP contribution is 2.42. The van der Waals surface area contributed by atoms with Gasteiger partial charge in [-0.15, -0.1) is 0 Å². The number of amides is 1. The highest BCUT2D eigenvalue weighted by atomic mass is 16.5. The van der Waals surface area contributed by atoms with Crippen molar-refractivity contribution in [3.05, 3.63) is 35.7 Å². The predicted molar refractivity (Wildman–Crippen MR) is 77.8 cm³/mol. The lowest BCUT2D eigenvalue weighted by atomic mass is 9.87. The summed E-state index contributed by atoms with van der Waals surface area (Å²) >= 11 is 0. The van der Waals surface area contributed by atoms with E-state index >= 15 is 0 Å². The van der Waals surface area contributed by atoms with Gasteiger partial charge in [0.25, 0.3) is 0 Å². The molecule has 0 fully saturated rings. The van der Waals surface area contributed by atoms with Crippen LogP contribution in [0.2, 0.25) is 0 Å². The van der Waals surface area contributed by atoms with Gasteiger partial charge >= 0.3 is 0 Å². The van der Waals surface area contributed by atoms with Gasteiger partial charge in [0, 0.05) is 37.3 Å². The van der Waals surface area contributed by atoms with E-state index < -0.39 is 0 Å². The number of nitrogens with one attached hydrogen (secondary N) is 1. The Bertz CT molecular complexity index is 693. The fraction of sp³-hybridized carbons (Fsp3) is 0.333. The van der Waals surface area contributed by atoms with E-state index in [2.05, 4.69) is 10.4 Å².